The number of hydrogen-bond donors (Lipinski definition) is 3. The maximum Gasteiger partial charge on any atom is 0.440 e. The fourth-order valence-corrected chi connectivity index (χ4v) is 5.00. The van der Waals surface area contributed by atoms with E-state index in [1.54, 1.807) is 0 Å². The van der Waals surface area contributed by atoms with Gasteiger partial charge in [0.05, 0.1) is 17.5 Å². The number of sulfonamides is 1. The highest BCUT2D eigenvalue weighted by molar-refractivity contribution is 7.92. The maximum atomic E-state index is 14.4. The molecule has 0 spiro atoms. The molecule has 1 aromatic heterocycles. The predicted octanol–water partition coefficient (Wildman–Crippen LogP) is 2.66. The van der Waals surface area contributed by atoms with Crippen molar-refractivity contribution in [3.05, 3.63) is 18.2 Å². The number of anilines is 2. The van der Waals surface area contributed by atoms with Gasteiger partial charge in [0.25, 0.3) is 11.6 Å². The van der Waals surface area contributed by atoms with Crippen LogP contribution in [0.2, 0.25) is 0 Å². The summed E-state index contributed by atoms with van der Waals surface area (Å²) in [5.74, 6) is -2.54. The number of para-hydroxylation sites is 1. The van der Waals surface area contributed by atoms with Crippen LogP contribution < -0.4 is 15.4 Å². The van der Waals surface area contributed by atoms with Gasteiger partial charge in [-0.15, -0.1) is 0 Å². The number of halogens is 3. The Bertz CT molecular complexity index is 1190. The SMILES string of the molecule is CS(=O)(=O)Nc1cccc2c1nc1n2C(NC(=O)CCC2CCCC2)(C(F)(F)F)C(=O)N1. The van der Waals surface area contributed by atoms with Gasteiger partial charge in [0.1, 0.15) is 5.52 Å². The molecule has 174 valence electrons. The zero-order valence-electron chi connectivity index (χ0n) is 17.1. The highest BCUT2D eigenvalue weighted by Crippen LogP contribution is 2.45. The van der Waals surface area contributed by atoms with Crippen LogP contribution in [0.5, 0.6) is 0 Å². The minimum Gasteiger partial charge on any atom is -0.317 e. The highest BCUT2D eigenvalue weighted by Gasteiger charge is 2.67. The van der Waals surface area contributed by atoms with E-state index in [-0.39, 0.29) is 29.1 Å². The Morgan fingerprint density at radius 2 is 2.00 bits per heavy atom. The third-order valence-electron chi connectivity index (χ3n) is 5.85. The summed E-state index contributed by atoms with van der Waals surface area (Å²) in [5, 5.41) is 3.99. The molecule has 1 aliphatic carbocycles. The Hall–Kier alpha value is -2.83. The van der Waals surface area contributed by atoms with Crippen molar-refractivity contribution in [2.75, 3.05) is 16.3 Å². The van der Waals surface area contributed by atoms with Crippen LogP contribution in [0.3, 0.4) is 0 Å². The summed E-state index contributed by atoms with van der Waals surface area (Å²) in [7, 11) is -3.74. The molecule has 2 heterocycles. The fraction of sp³-hybridized carbons (Fsp3) is 0.526. The van der Waals surface area contributed by atoms with E-state index in [0.717, 1.165) is 31.9 Å². The van der Waals surface area contributed by atoms with Gasteiger partial charge in [-0.3, -0.25) is 24.2 Å². The summed E-state index contributed by atoms with van der Waals surface area (Å²) in [6, 6.07) is 3.94. The average molecular weight is 473 g/mol. The lowest BCUT2D eigenvalue weighted by molar-refractivity contribution is -0.217. The third kappa shape index (κ3) is 3.78. The molecular formula is C19H22F3N5O4S. The molecule has 1 fully saturated rings. The van der Waals surface area contributed by atoms with Crippen LogP contribution in [0.4, 0.5) is 24.8 Å². The van der Waals surface area contributed by atoms with Crippen LogP contribution in [0.1, 0.15) is 38.5 Å². The molecule has 0 bridgehead atoms. The van der Waals surface area contributed by atoms with Crippen LogP contribution in [-0.2, 0) is 25.3 Å². The van der Waals surface area contributed by atoms with Crippen molar-refractivity contribution in [3.63, 3.8) is 0 Å². The normalized spacial score (nSPS) is 21.6. The molecule has 1 unspecified atom stereocenters. The Balaban J connectivity index is 1.76. The number of aromatic nitrogens is 2. The molecule has 32 heavy (non-hydrogen) atoms. The molecule has 2 aromatic rings. The molecule has 1 aliphatic heterocycles. The first-order valence-electron chi connectivity index (χ1n) is 10.1. The van der Waals surface area contributed by atoms with Crippen LogP contribution in [0.25, 0.3) is 11.0 Å². The number of amides is 2. The summed E-state index contributed by atoms with van der Waals surface area (Å²) in [4.78, 5) is 29.2. The van der Waals surface area contributed by atoms with Crippen LogP contribution in [-0.4, -0.2) is 42.2 Å². The molecule has 1 aromatic carbocycles. The van der Waals surface area contributed by atoms with E-state index in [1.807, 2.05) is 5.32 Å². The number of hydrogen-bond acceptors (Lipinski definition) is 5. The van der Waals surface area contributed by atoms with Gasteiger partial charge in [-0.2, -0.15) is 13.2 Å². The molecule has 0 radical (unpaired) electrons. The minimum atomic E-state index is -5.20. The molecule has 1 atom stereocenters. The Labute approximate surface area is 181 Å². The second-order valence-electron chi connectivity index (χ2n) is 8.22. The average Bonchev–Trinajstić information content (AvgIpc) is 3.36. The van der Waals surface area contributed by atoms with Crippen molar-refractivity contribution in [2.45, 2.75) is 50.4 Å². The first-order valence-corrected chi connectivity index (χ1v) is 12.0. The van der Waals surface area contributed by atoms with Crippen molar-refractivity contribution in [3.8, 4) is 0 Å². The lowest BCUT2D eigenvalue weighted by Gasteiger charge is -2.32. The zero-order chi connectivity index (χ0) is 23.3. The van der Waals surface area contributed by atoms with E-state index in [1.165, 1.54) is 18.2 Å². The molecular weight excluding hydrogens is 451 g/mol. The molecule has 13 heteroatoms. The second-order valence-corrected chi connectivity index (χ2v) is 9.97. The number of imidazole rings is 1. The number of fused-ring (bicyclic) bond motifs is 3. The van der Waals surface area contributed by atoms with Gasteiger partial charge >= 0.3 is 6.18 Å². The van der Waals surface area contributed by atoms with Gasteiger partial charge < -0.3 is 5.32 Å². The molecule has 4 rings (SSSR count). The van der Waals surface area contributed by atoms with Crippen molar-refractivity contribution in [2.24, 2.45) is 5.92 Å². The van der Waals surface area contributed by atoms with E-state index in [2.05, 4.69) is 15.0 Å². The van der Waals surface area contributed by atoms with E-state index < -0.39 is 39.6 Å². The van der Waals surface area contributed by atoms with Gasteiger partial charge in [-0.1, -0.05) is 31.7 Å². The standard InChI is InChI=1S/C19H22F3N5O4S/c1-32(30,31)26-12-7-4-8-13-15(12)23-17-24-16(29)18(27(13)17,19(20,21)22)25-14(28)10-9-11-5-2-3-6-11/h4,7-8,11,26H,2-3,5-6,9-10H2,1H3,(H,25,28)(H,23,24,29). The van der Waals surface area contributed by atoms with E-state index in [0.29, 0.717) is 11.0 Å². The fourth-order valence-electron chi connectivity index (χ4n) is 4.44. The Morgan fingerprint density at radius 1 is 1.31 bits per heavy atom. The summed E-state index contributed by atoms with van der Waals surface area (Å²) in [6.45, 7) is 0. The summed E-state index contributed by atoms with van der Waals surface area (Å²) in [5.41, 5.74) is -3.71. The number of nitrogens with zero attached hydrogens (tertiary/aromatic N) is 2. The van der Waals surface area contributed by atoms with Gasteiger partial charge in [0, 0.05) is 6.42 Å². The van der Waals surface area contributed by atoms with Gasteiger partial charge in [-0.25, -0.2) is 13.4 Å². The van der Waals surface area contributed by atoms with Crippen molar-refractivity contribution >= 4 is 44.5 Å². The summed E-state index contributed by atoms with van der Waals surface area (Å²) < 4.78 is 69.2. The van der Waals surface area contributed by atoms with Crippen LogP contribution in [0, 0.1) is 5.92 Å². The molecule has 1 saturated carbocycles. The number of benzene rings is 1. The minimum absolute atomic E-state index is 0.0511. The number of rotatable bonds is 6. The molecule has 2 amide bonds. The summed E-state index contributed by atoms with van der Waals surface area (Å²) >= 11 is 0. The van der Waals surface area contributed by atoms with Gasteiger partial charge in [0.15, 0.2) is 0 Å². The zero-order valence-corrected chi connectivity index (χ0v) is 17.9. The lowest BCUT2D eigenvalue weighted by atomic mass is 10.0. The monoisotopic (exact) mass is 473 g/mol. The van der Waals surface area contributed by atoms with E-state index in [4.69, 9.17) is 0 Å². The van der Waals surface area contributed by atoms with Gasteiger partial charge in [0.2, 0.25) is 21.9 Å². The smallest absolute Gasteiger partial charge is 0.317 e. The van der Waals surface area contributed by atoms with E-state index >= 15 is 0 Å². The predicted molar refractivity (Wildman–Crippen MR) is 110 cm³/mol. The maximum absolute atomic E-state index is 14.4. The molecule has 3 N–H and O–H groups in total. The molecule has 2 aliphatic rings. The van der Waals surface area contributed by atoms with Crippen molar-refractivity contribution in [1.29, 1.82) is 0 Å². The topological polar surface area (TPSA) is 122 Å². The Kier molecular flexibility index (Phi) is 5.34. The third-order valence-corrected chi connectivity index (χ3v) is 6.45. The lowest BCUT2D eigenvalue weighted by Crippen LogP contribution is -2.63. The molecule has 9 nitrogen and oxygen atoms in total. The first-order chi connectivity index (χ1) is 14.9. The van der Waals surface area contributed by atoms with Crippen molar-refractivity contribution in [1.82, 2.24) is 14.9 Å². The first kappa shape index (κ1) is 22.4. The highest BCUT2D eigenvalue weighted by atomic mass is 32.2. The largest absolute Gasteiger partial charge is 0.440 e. The number of carbonyl (C=O) groups excluding carboxylic acids is 2. The number of alkyl halides is 3. The summed E-state index contributed by atoms with van der Waals surface area (Å²) in [6.07, 6.45) is -0.0544. The van der Waals surface area contributed by atoms with Crippen molar-refractivity contribution < 1.29 is 31.2 Å². The van der Waals surface area contributed by atoms with E-state index in [9.17, 15) is 31.2 Å². The second kappa shape index (κ2) is 7.64. The Morgan fingerprint density at radius 3 is 2.62 bits per heavy atom. The van der Waals surface area contributed by atoms with Gasteiger partial charge in [-0.05, 0) is 24.5 Å². The quantitative estimate of drug-likeness (QED) is 0.596. The van der Waals surface area contributed by atoms with Crippen LogP contribution in [0.15, 0.2) is 18.2 Å². The number of carbonyl (C=O) groups is 2. The number of nitrogens with one attached hydrogen (secondary N) is 3. The molecule has 0 saturated heterocycles. The van der Waals surface area contributed by atoms with Crippen LogP contribution >= 0.6 is 0 Å².